The summed E-state index contributed by atoms with van der Waals surface area (Å²) < 4.78 is 2.97. The molecular formula is C21H15N5O3S2. The number of nitrogens with zero attached hydrogens (tertiary/aromatic N) is 3. The van der Waals surface area contributed by atoms with Crippen LogP contribution >= 0.6 is 22.7 Å². The van der Waals surface area contributed by atoms with Crippen molar-refractivity contribution in [3.63, 3.8) is 0 Å². The molecule has 0 fully saturated rings. The average molecular weight is 450 g/mol. The second kappa shape index (κ2) is 7.82. The Balaban J connectivity index is 1.37. The Hall–Kier alpha value is -3.76. The Bertz CT molecular complexity index is 1460. The van der Waals surface area contributed by atoms with Crippen LogP contribution in [-0.4, -0.2) is 24.8 Å². The number of fused-ring (bicyclic) bond motifs is 1. The minimum Gasteiger partial charge on any atom is -0.322 e. The van der Waals surface area contributed by atoms with Gasteiger partial charge in [-0.2, -0.15) is 0 Å². The standard InChI is InChI=1S/C21H15N5O3S2/c27-18(16-10-22-20(29)26(19(16)28)11-15-2-1-8-30-15)23-14-5-3-13(4-6-14)17-12-25-7-9-31-21(25)24-17/h1-10,12H,11H2,(H,22,29)(H,23,27). The molecule has 0 saturated carbocycles. The number of hydrogen-bond acceptors (Lipinski definition) is 6. The van der Waals surface area contributed by atoms with Gasteiger partial charge in [-0.05, 0) is 23.6 Å². The van der Waals surface area contributed by atoms with Crippen LogP contribution < -0.4 is 16.6 Å². The van der Waals surface area contributed by atoms with Crippen molar-refractivity contribution in [1.29, 1.82) is 0 Å². The predicted molar refractivity (Wildman–Crippen MR) is 121 cm³/mol. The van der Waals surface area contributed by atoms with Crippen molar-refractivity contribution in [3.05, 3.63) is 97.0 Å². The van der Waals surface area contributed by atoms with Crippen LogP contribution in [0.2, 0.25) is 0 Å². The molecule has 4 aromatic heterocycles. The van der Waals surface area contributed by atoms with E-state index in [9.17, 15) is 14.4 Å². The Labute approximate surface area is 183 Å². The summed E-state index contributed by atoms with van der Waals surface area (Å²) in [6, 6.07) is 10.9. The van der Waals surface area contributed by atoms with Crippen LogP contribution in [0.5, 0.6) is 0 Å². The monoisotopic (exact) mass is 449 g/mol. The topological polar surface area (TPSA) is 101 Å². The molecule has 4 heterocycles. The summed E-state index contributed by atoms with van der Waals surface area (Å²) >= 11 is 2.99. The fraction of sp³-hybridized carbons (Fsp3) is 0.0476. The number of thiophene rings is 1. The van der Waals surface area contributed by atoms with Crippen LogP contribution in [0.4, 0.5) is 5.69 Å². The average Bonchev–Trinajstić information content (AvgIpc) is 3.49. The van der Waals surface area contributed by atoms with Gasteiger partial charge in [0.15, 0.2) is 4.96 Å². The number of hydrogen-bond donors (Lipinski definition) is 2. The SMILES string of the molecule is O=C(Nc1ccc(-c2cn3ccsc3n2)cc1)c1c[nH]c(=O)n(Cc2cccs2)c1=O. The Morgan fingerprint density at radius 1 is 1.10 bits per heavy atom. The molecule has 0 unspecified atom stereocenters. The Morgan fingerprint density at radius 3 is 2.68 bits per heavy atom. The molecule has 5 rings (SSSR count). The summed E-state index contributed by atoms with van der Waals surface area (Å²) in [7, 11) is 0. The zero-order chi connectivity index (χ0) is 21.4. The van der Waals surface area contributed by atoms with E-state index in [-0.39, 0.29) is 12.1 Å². The van der Waals surface area contributed by atoms with Gasteiger partial charge in [0.1, 0.15) is 5.56 Å². The summed E-state index contributed by atoms with van der Waals surface area (Å²) in [4.78, 5) is 46.3. The van der Waals surface area contributed by atoms with Crippen molar-refractivity contribution >= 4 is 39.2 Å². The number of aromatic nitrogens is 4. The van der Waals surface area contributed by atoms with Gasteiger partial charge in [-0.3, -0.25) is 18.6 Å². The van der Waals surface area contributed by atoms with Gasteiger partial charge in [-0.25, -0.2) is 9.78 Å². The highest BCUT2D eigenvalue weighted by molar-refractivity contribution is 7.15. The molecule has 8 nitrogen and oxygen atoms in total. The molecular weight excluding hydrogens is 434 g/mol. The molecule has 0 bridgehead atoms. The maximum absolute atomic E-state index is 12.7. The lowest BCUT2D eigenvalue weighted by Crippen LogP contribution is -2.39. The van der Waals surface area contributed by atoms with Crippen LogP contribution in [0.1, 0.15) is 15.2 Å². The van der Waals surface area contributed by atoms with Gasteiger partial charge in [0.25, 0.3) is 11.5 Å². The molecule has 0 radical (unpaired) electrons. The molecule has 0 atom stereocenters. The fourth-order valence-electron chi connectivity index (χ4n) is 3.17. The number of imidazole rings is 1. The lowest BCUT2D eigenvalue weighted by molar-refractivity contribution is 0.102. The first-order chi connectivity index (χ1) is 15.1. The molecule has 10 heteroatoms. The summed E-state index contributed by atoms with van der Waals surface area (Å²) in [5.41, 5.74) is 0.960. The first-order valence-corrected chi connectivity index (χ1v) is 11.0. The van der Waals surface area contributed by atoms with Gasteiger partial charge in [-0.15, -0.1) is 22.7 Å². The van der Waals surface area contributed by atoms with E-state index in [1.165, 1.54) is 11.3 Å². The quantitative estimate of drug-likeness (QED) is 0.430. The smallest absolute Gasteiger partial charge is 0.322 e. The highest BCUT2D eigenvalue weighted by Gasteiger charge is 2.16. The van der Waals surface area contributed by atoms with Crippen molar-refractivity contribution in [2.24, 2.45) is 0 Å². The van der Waals surface area contributed by atoms with Gasteiger partial charge >= 0.3 is 5.69 Å². The zero-order valence-electron chi connectivity index (χ0n) is 15.9. The maximum Gasteiger partial charge on any atom is 0.328 e. The fourth-order valence-corrected chi connectivity index (χ4v) is 4.56. The van der Waals surface area contributed by atoms with E-state index in [4.69, 9.17) is 0 Å². The highest BCUT2D eigenvalue weighted by Crippen LogP contribution is 2.23. The minimum atomic E-state index is -0.635. The Morgan fingerprint density at radius 2 is 1.94 bits per heavy atom. The van der Waals surface area contributed by atoms with Gasteiger partial charge in [0.05, 0.1) is 12.2 Å². The molecule has 1 amide bonds. The molecule has 0 aliphatic rings. The molecule has 0 saturated heterocycles. The van der Waals surface area contributed by atoms with Crippen molar-refractivity contribution in [2.45, 2.75) is 6.54 Å². The first-order valence-electron chi connectivity index (χ1n) is 9.27. The van der Waals surface area contributed by atoms with Gasteiger partial charge in [0, 0.05) is 40.1 Å². The summed E-state index contributed by atoms with van der Waals surface area (Å²) in [5, 5.41) is 6.54. The largest absolute Gasteiger partial charge is 0.328 e. The third-order valence-corrected chi connectivity index (χ3v) is 6.36. The van der Waals surface area contributed by atoms with Crippen LogP contribution in [0.3, 0.4) is 0 Å². The normalized spacial score (nSPS) is 11.1. The van der Waals surface area contributed by atoms with E-state index in [0.717, 1.165) is 31.9 Å². The van der Waals surface area contributed by atoms with Crippen LogP contribution in [0.25, 0.3) is 16.2 Å². The van der Waals surface area contributed by atoms with Crippen molar-refractivity contribution in [3.8, 4) is 11.3 Å². The first kappa shape index (κ1) is 19.2. The lowest BCUT2D eigenvalue weighted by Gasteiger charge is -2.08. The molecule has 0 spiro atoms. The second-order valence-corrected chi connectivity index (χ2v) is 8.63. The minimum absolute atomic E-state index is 0.115. The number of carbonyl (C=O) groups is 1. The number of amides is 1. The number of carbonyl (C=O) groups excluding carboxylic acids is 1. The summed E-state index contributed by atoms with van der Waals surface area (Å²) in [6.07, 6.45) is 5.04. The van der Waals surface area contributed by atoms with E-state index in [1.54, 1.807) is 23.5 Å². The van der Waals surface area contributed by atoms with Gasteiger partial charge < -0.3 is 10.3 Å². The lowest BCUT2D eigenvalue weighted by atomic mass is 10.1. The third-order valence-electron chi connectivity index (χ3n) is 4.73. The zero-order valence-corrected chi connectivity index (χ0v) is 17.6. The molecule has 31 heavy (non-hydrogen) atoms. The highest BCUT2D eigenvalue weighted by atomic mass is 32.1. The number of aromatic amines is 1. The van der Waals surface area contributed by atoms with Crippen molar-refractivity contribution in [1.82, 2.24) is 18.9 Å². The molecule has 1 aromatic carbocycles. The third kappa shape index (κ3) is 3.74. The van der Waals surface area contributed by atoms with Gasteiger partial charge in [-0.1, -0.05) is 18.2 Å². The number of thiazole rings is 1. The number of nitrogens with one attached hydrogen (secondary N) is 2. The van der Waals surface area contributed by atoms with E-state index in [0.29, 0.717) is 5.69 Å². The molecule has 2 N–H and O–H groups in total. The van der Waals surface area contributed by atoms with Crippen molar-refractivity contribution < 1.29 is 4.79 Å². The number of H-pyrrole nitrogens is 1. The van der Waals surface area contributed by atoms with Crippen LogP contribution in [0.15, 0.2) is 75.3 Å². The van der Waals surface area contributed by atoms with Crippen LogP contribution in [0, 0.1) is 0 Å². The number of rotatable bonds is 5. The molecule has 154 valence electrons. The number of benzene rings is 1. The number of anilines is 1. The van der Waals surface area contributed by atoms with Crippen LogP contribution in [-0.2, 0) is 6.54 Å². The molecule has 0 aliphatic carbocycles. The van der Waals surface area contributed by atoms with Gasteiger partial charge in [0.2, 0.25) is 0 Å². The second-order valence-electron chi connectivity index (χ2n) is 6.73. The maximum atomic E-state index is 12.7. The molecule has 5 aromatic rings. The predicted octanol–water partition coefficient (Wildman–Crippen LogP) is 3.27. The van der Waals surface area contributed by atoms with E-state index >= 15 is 0 Å². The Kier molecular flexibility index (Phi) is 4.85. The van der Waals surface area contributed by atoms with E-state index in [1.807, 2.05) is 51.8 Å². The summed E-state index contributed by atoms with van der Waals surface area (Å²) in [6.45, 7) is 0.115. The van der Waals surface area contributed by atoms with E-state index in [2.05, 4.69) is 15.3 Å². The molecule has 0 aliphatic heterocycles. The van der Waals surface area contributed by atoms with Crippen molar-refractivity contribution in [2.75, 3.05) is 5.32 Å². The van der Waals surface area contributed by atoms with E-state index < -0.39 is 17.2 Å². The summed E-state index contributed by atoms with van der Waals surface area (Å²) in [5.74, 6) is -0.587.